The minimum Gasteiger partial charge on any atom is -0.493 e. The van der Waals surface area contributed by atoms with E-state index in [4.69, 9.17) is 15.2 Å². The highest BCUT2D eigenvalue weighted by Gasteiger charge is 2.21. The van der Waals surface area contributed by atoms with Gasteiger partial charge in [-0.1, -0.05) is 0 Å². The summed E-state index contributed by atoms with van der Waals surface area (Å²) in [5, 5.41) is 0. The van der Waals surface area contributed by atoms with E-state index in [9.17, 15) is 8.42 Å². The molecule has 0 radical (unpaired) electrons. The molecule has 0 spiro atoms. The Bertz CT molecular complexity index is 586. The molecule has 0 aromatic heterocycles. The van der Waals surface area contributed by atoms with Crippen molar-refractivity contribution in [2.24, 2.45) is 0 Å². The molecule has 1 aromatic carbocycles. The monoisotopic (exact) mass is 300 g/mol. The molecule has 7 heteroatoms. The lowest BCUT2D eigenvalue weighted by atomic mass is 10.2. The van der Waals surface area contributed by atoms with E-state index in [2.05, 4.69) is 0 Å². The van der Waals surface area contributed by atoms with Crippen molar-refractivity contribution >= 4 is 21.2 Å². The van der Waals surface area contributed by atoms with Gasteiger partial charge in [-0.3, -0.25) is 0 Å². The first-order valence-electron chi connectivity index (χ1n) is 6.43. The van der Waals surface area contributed by atoms with Gasteiger partial charge >= 0.3 is 0 Å². The van der Waals surface area contributed by atoms with Crippen LogP contribution >= 0.6 is 0 Å². The van der Waals surface area contributed by atoms with E-state index < -0.39 is 9.84 Å². The van der Waals surface area contributed by atoms with Crippen LogP contribution in [0.2, 0.25) is 0 Å². The molecule has 0 amide bonds. The molecule has 0 saturated carbocycles. The minimum absolute atomic E-state index is 0.154. The van der Waals surface area contributed by atoms with Crippen molar-refractivity contribution in [2.45, 2.75) is 6.42 Å². The van der Waals surface area contributed by atoms with E-state index in [1.54, 1.807) is 26.4 Å². The van der Waals surface area contributed by atoms with Crippen molar-refractivity contribution in [1.82, 2.24) is 0 Å². The Morgan fingerprint density at radius 1 is 1.10 bits per heavy atom. The van der Waals surface area contributed by atoms with E-state index >= 15 is 0 Å². The fraction of sp³-hybridized carbons (Fsp3) is 0.538. The smallest absolute Gasteiger partial charge is 0.162 e. The second kappa shape index (κ2) is 5.78. The molecular formula is C13H20N2O4S. The number of nitrogens with two attached hydrogens (primary N) is 1. The maximum Gasteiger partial charge on any atom is 0.162 e. The van der Waals surface area contributed by atoms with Crippen molar-refractivity contribution in [1.29, 1.82) is 0 Å². The second-order valence-electron chi connectivity index (χ2n) is 4.76. The second-order valence-corrected chi connectivity index (χ2v) is 7.06. The van der Waals surface area contributed by atoms with Crippen molar-refractivity contribution in [3.8, 4) is 11.5 Å². The highest BCUT2D eigenvalue weighted by atomic mass is 32.2. The standard InChI is InChI=1S/C13H20N2O4S/c1-18-12-8-10(14)11(9-13(12)19-2)15-4-3-6-20(16,17)7-5-15/h8-9H,3-7,14H2,1-2H3. The summed E-state index contributed by atoms with van der Waals surface area (Å²) in [6.45, 7) is 1.11. The molecule has 2 rings (SSSR count). The zero-order valence-corrected chi connectivity index (χ0v) is 12.6. The van der Waals surface area contributed by atoms with Gasteiger partial charge in [0, 0.05) is 25.2 Å². The molecule has 112 valence electrons. The molecule has 1 fully saturated rings. The number of nitrogens with zero attached hydrogens (tertiary/aromatic N) is 1. The number of hydrogen-bond acceptors (Lipinski definition) is 6. The van der Waals surface area contributed by atoms with Crippen LogP contribution in [-0.4, -0.2) is 47.2 Å². The van der Waals surface area contributed by atoms with E-state index in [-0.39, 0.29) is 11.5 Å². The zero-order chi connectivity index (χ0) is 14.8. The Hall–Kier alpha value is -1.63. The van der Waals surface area contributed by atoms with Gasteiger partial charge in [0.25, 0.3) is 0 Å². The number of ether oxygens (including phenoxy) is 2. The van der Waals surface area contributed by atoms with E-state index in [1.165, 1.54) is 0 Å². The summed E-state index contributed by atoms with van der Waals surface area (Å²) in [6, 6.07) is 3.50. The lowest BCUT2D eigenvalue weighted by molar-refractivity contribution is 0.355. The summed E-state index contributed by atoms with van der Waals surface area (Å²) >= 11 is 0. The van der Waals surface area contributed by atoms with E-state index in [0.29, 0.717) is 36.7 Å². The molecule has 0 aliphatic carbocycles. The predicted molar refractivity (Wildman–Crippen MR) is 79.4 cm³/mol. The van der Waals surface area contributed by atoms with E-state index in [0.717, 1.165) is 5.69 Å². The first-order chi connectivity index (χ1) is 9.46. The number of hydrogen-bond donors (Lipinski definition) is 1. The summed E-state index contributed by atoms with van der Waals surface area (Å²) in [5.74, 6) is 1.54. The molecule has 6 nitrogen and oxygen atoms in total. The van der Waals surface area contributed by atoms with Crippen LogP contribution < -0.4 is 20.1 Å². The molecule has 0 bridgehead atoms. The Balaban J connectivity index is 2.32. The molecule has 1 aliphatic rings. The SMILES string of the molecule is COc1cc(N)c(N2CCCS(=O)(=O)CC2)cc1OC. The highest BCUT2D eigenvalue weighted by Crippen LogP contribution is 2.37. The first-order valence-corrected chi connectivity index (χ1v) is 8.26. The number of nitrogen functional groups attached to an aromatic ring is 1. The summed E-state index contributed by atoms with van der Waals surface area (Å²) in [4.78, 5) is 1.99. The van der Waals surface area contributed by atoms with Gasteiger partial charge in [0.05, 0.1) is 37.1 Å². The van der Waals surface area contributed by atoms with Crippen molar-refractivity contribution < 1.29 is 17.9 Å². The fourth-order valence-corrected chi connectivity index (χ4v) is 3.61. The molecule has 0 unspecified atom stereocenters. The van der Waals surface area contributed by atoms with Crippen LogP contribution in [0.5, 0.6) is 11.5 Å². The normalized spacial score (nSPS) is 18.4. The number of methoxy groups -OCH3 is 2. The van der Waals surface area contributed by atoms with Gasteiger partial charge in [-0.15, -0.1) is 0 Å². The number of rotatable bonds is 3. The number of sulfone groups is 1. The lowest BCUT2D eigenvalue weighted by Crippen LogP contribution is -2.27. The Morgan fingerprint density at radius 3 is 2.40 bits per heavy atom. The number of anilines is 2. The third-order valence-corrected chi connectivity index (χ3v) is 5.14. The maximum atomic E-state index is 11.7. The molecule has 1 heterocycles. The topological polar surface area (TPSA) is 81.9 Å². The van der Waals surface area contributed by atoms with Gasteiger partial charge in [-0.2, -0.15) is 0 Å². The van der Waals surface area contributed by atoms with Crippen LogP contribution in [0.4, 0.5) is 11.4 Å². The van der Waals surface area contributed by atoms with Crippen LogP contribution in [0.15, 0.2) is 12.1 Å². The van der Waals surface area contributed by atoms with Crippen LogP contribution in [-0.2, 0) is 9.84 Å². The first kappa shape index (κ1) is 14.8. The summed E-state index contributed by atoms with van der Waals surface area (Å²) < 4.78 is 33.8. The third kappa shape index (κ3) is 3.09. The molecule has 1 aliphatic heterocycles. The predicted octanol–water partition coefficient (Wildman–Crippen LogP) is 0.911. The summed E-state index contributed by atoms with van der Waals surface area (Å²) in [7, 11) is 0.171. The molecule has 0 atom stereocenters. The quantitative estimate of drug-likeness (QED) is 0.836. The van der Waals surface area contributed by atoms with Gasteiger partial charge in [0.1, 0.15) is 0 Å². The fourth-order valence-electron chi connectivity index (χ4n) is 2.34. The average Bonchev–Trinajstić information content (AvgIpc) is 2.59. The zero-order valence-electron chi connectivity index (χ0n) is 11.8. The van der Waals surface area contributed by atoms with Crippen LogP contribution in [0.3, 0.4) is 0 Å². The average molecular weight is 300 g/mol. The Morgan fingerprint density at radius 2 is 1.75 bits per heavy atom. The maximum absolute atomic E-state index is 11.7. The molecule has 1 saturated heterocycles. The van der Waals surface area contributed by atoms with Gasteiger partial charge in [0.2, 0.25) is 0 Å². The largest absolute Gasteiger partial charge is 0.493 e. The molecule has 20 heavy (non-hydrogen) atoms. The van der Waals surface area contributed by atoms with Crippen LogP contribution in [0.25, 0.3) is 0 Å². The summed E-state index contributed by atoms with van der Waals surface area (Å²) in [6.07, 6.45) is 0.607. The molecular weight excluding hydrogens is 280 g/mol. The minimum atomic E-state index is -2.94. The van der Waals surface area contributed by atoms with Crippen molar-refractivity contribution in [3.05, 3.63) is 12.1 Å². The van der Waals surface area contributed by atoms with Gasteiger partial charge < -0.3 is 20.1 Å². The van der Waals surface area contributed by atoms with Crippen molar-refractivity contribution in [3.63, 3.8) is 0 Å². The van der Waals surface area contributed by atoms with Gasteiger partial charge in [-0.05, 0) is 6.42 Å². The van der Waals surface area contributed by atoms with Crippen LogP contribution in [0, 0.1) is 0 Å². The van der Waals surface area contributed by atoms with Crippen molar-refractivity contribution in [2.75, 3.05) is 49.4 Å². The highest BCUT2D eigenvalue weighted by molar-refractivity contribution is 7.91. The Labute approximate surface area is 119 Å². The molecule has 2 N–H and O–H groups in total. The number of benzene rings is 1. The van der Waals surface area contributed by atoms with Gasteiger partial charge in [-0.25, -0.2) is 8.42 Å². The van der Waals surface area contributed by atoms with Gasteiger partial charge in [0.15, 0.2) is 21.3 Å². The Kier molecular flexibility index (Phi) is 4.27. The third-order valence-electron chi connectivity index (χ3n) is 3.43. The lowest BCUT2D eigenvalue weighted by Gasteiger charge is -2.25. The van der Waals surface area contributed by atoms with Crippen LogP contribution in [0.1, 0.15) is 6.42 Å². The summed E-state index contributed by atoms with van der Waals surface area (Å²) in [5.41, 5.74) is 7.39. The van der Waals surface area contributed by atoms with E-state index in [1.807, 2.05) is 4.90 Å². The molecule has 1 aromatic rings.